The van der Waals surface area contributed by atoms with Crippen LogP contribution in [0.15, 0.2) is 24.3 Å². The standard InChI is InChI=1S/C14H19BrO/c1-10(2)16-13-8-6-12(7-9-13)14(15)11-4-3-5-11/h6-11,14H,3-5H2,1-2H3. The van der Waals surface area contributed by atoms with E-state index in [1.54, 1.807) is 0 Å². The fourth-order valence-corrected chi connectivity index (χ4v) is 2.84. The molecule has 1 nitrogen and oxygen atoms in total. The van der Waals surface area contributed by atoms with Crippen LogP contribution in [-0.2, 0) is 0 Å². The van der Waals surface area contributed by atoms with Crippen molar-refractivity contribution in [1.82, 2.24) is 0 Å². The van der Waals surface area contributed by atoms with Gasteiger partial charge in [-0.25, -0.2) is 0 Å². The molecular formula is C14H19BrO. The second-order valence-electron chi connectivity index (χ2n) is 4.83. The molecule has 0 N–H and O–H groups in total. The molecule has 2 heteroatoms. The van der Waals surface area contributed by atoms with E-state index < -0.39 is 0 Å². The van der Waals surface area contributed by atoms with E-state index in [0.717, 1.165) is 11.7 Å². The van der Waals surface area contributed by atoms with Crippen molar-refractivity contribution in [3.05, 3.63) is 29.8 Å². The molecule has 1 fully saturated rings. The highest BCUT2D eigenvalue weighted by Gasteiger charge is 2.26. The van der Waals surface area contributed by atoms with Gasteiger partial charge < -0.3 is 4.74 Å². The monoisotopic (exact) mass is 282 g/mol. The summed E-state index contributed by atoms with van der Waals surface area (Å²) >= 11 is 3.80. The minimum Gasteiger partial charge on any atom is -0.491 e. The molecule has 1 aliphatic rings. The zero-order chi connectivity index (χ0) is 11.5. The van der Waals surface area contributed by atoms with Crippen LogP contribution in [0.1, 0.15) is 43.5 Å². The molecule has 1 saturated carbocycles. The average Bonchev–Trinajstić information content (AvgIpc) is 2.15. The van der Waals surface area contributed by atoms with E-state index in [2.05, 4.69) is 54.0 Å². The van der Waals surface area contributed by atoms with Crippen molar-refractivity contribution < 1.29 is 4.74 Å². The van der Waals surface area contributed by atoms with Crippen LogP contribution < -0.4 is 4.74 Å². The number of halogens is 1. The Morgan fingerprint density at radius 1 is 1.19 bits per heavy atom. The lowest BCUT2D eigenvalue weighted by molar-refractivity contribution is 0.242. The summed E-state index contributed by atoms with van der Waals surface area (Å²) in [5.41, 5.74) is 1.38. The number of rotatable bonds is 4. The molecule has 0 aromatic heterocycles. The fraction of sp³-hybridized carbons (Fsp3) is 0.571. The summed E-state index contributed by atoms with van der Waals surface area (Å²) < 4.78 is 5.63. The van der Waals surface area contributed by atoms with Crippen molar-refractivity contribution in [2.24, 2.45) is 5.92 Å². The molecule has 16 heavy (non-hydrogen) atoms. The Morgan fingerprint density at radius 3 is 2.25 bits per heavy atom. The first kappa shape index (κ1) is 12.0. The lowest BCUT2D eigenvalue weighted by Crippen LogP contribution is -2.16. The average molecular weight is 283 g/mol. The molecule has 88 valence electrons. The van der Waals surface area contributed by atoms with Gasteiger partial charge in [-0.2, -0.15) is 0 Å². The Bertz CT molecular complexity index is 327. The molecule has 0 amide bonds. The Kier molecular flexibility index (Phi) is 3.91. The van der Waals surface area contributed by atoms with Gasteiger partial charge in [0, 0.05) is 4.83 Å². The molecule has 2 rings (SSSR count). The lowest BCUT2D eigenvalue weighted by atomic mass is 9.81. The highest BCUT2D eigenvalue weighted by Crippen LogP contribution is 2.43. The minimum atomic E-state index is 0.247. The fourth-order valence-electron chi connectivity index (χ4n) is 2.01. The van der Waals surface area contributed by atoms with Gasteiger partial charge in [0.1, 0.15) is 5.75 Å². The van der Waals surface area contributed by atoms with E-state index in [0.29, 0.717) is 4.83 Å². The van der Waals surface area contributed by atoms with Crippen LogP contribution in [0.4, 0.5) is 0 Å². The van der Waals surface area contributed by atoms with Crippen LogP contribution in [0.2, 0.25) is 0 Å². The Labute approximate surface area is 106 Å². The maximum Gasteiger partial charge on any atom is 0.119 e. The van der Waals surface area contributed by atoms with Gasteiger partial charge in [0.25, 0.3) is 0 Å². The van der Waals surface area contributed by atoms with E-state index in [9.17, 15) is 0 Å². The zero-order valence-corrected chi connectivity index (χ0v) is 11.5. The van der Waals surface area contributed by atoms with Gasteiger partial charge in [0.2, 0.25) is 0 Å². The lowest BCUT2D eigenvalue weighted by Gasteiger charge is -2.30. The molecule has 0 bridgehead atoms. The van der Waals surface area contributed by atoms with Crippen LogP contribution in [0.5, 0.6) is 5.75 Å². The van der Waals surface area contributed by atoms with E-state index in [1.165, 1.54) is 24.8 Å². The summed E-state index contributed by atoms with van der Waals surface area (Å²) in [5, 5.41) is 0. The van der Waals surface area contributed by atoms with Gasteiger partial charge in [-0.1, -0.05) is 34.5 Å². The number of hydrogen-bond acceptors (Lipinski definition) is 1. The largest absolute Gasteiger partial charge is 0.491 e. The molecule has 1 aromatic rings. The number of alkyl halides is 1. The van der Waals surface area contributed by atoms with Crippen molar-refractivity contribution in [3.8, 4) is 5.75 Å². The third kappa shape index (κ3) is 2.79. The van der Waals surface area contributed by atoms with Crippen LogP contribution >= 0.6 is 15.9 Å². The Morgan fingerprint density at radius 2 is 1.81 bits per heavy atom. The summed E-state index contributed by atoms with van der Waals surface area (Å²) in [6, 6.07) is 8.50. The van der Waals surface area contributed by atoms with Crippen LogP contribution in [0.25, 0.3) is 0 Å². The van der Waals surface area contributed by atoms with Crippen molar-refractivity contribution in [3.63, 3.8) is 0 Å². The van der Waals surface area contributed by atoms with Crippen LogP contribution in [-0.4, -0.2) is 6.10 Å². The van der Waals surface area contributed by atoms with E-state index >= 15 is 0 Å². The zero-order valence-electron chi connectivity index (χ0n) is 9.95. The number of ether oxygens (including phenoxy) is 1. The SMILES string of the molecule is CC(C)Oc1ccc(C(Br)C2CCC2)cc1. The topological polar surface area (TPSA) is 9.23 Å². The third-order valence-corrected chi connectivity index (χ3v) is 4.41. The summed E-state index contributed by atoms with van der Waals surface area (Å²) in [7, 11) is 0. The van der Waals surface area contributed by atoms with Crippen LogP contribution in [0, 0.1) is 5.92 Å². The molecule has 1 unspecified atom stereocenters. The van der Waals surface area contributed by atoms with Crippen molar-refractivity contribution in [2.75, 3.05) is 0 Å². The summed E-state index contributed by atoms with van der Waals surface area (Å²) in [6.45, 7) is 4.10. The first-order valence-corrected chi connectivity index (χ1v) is 6.99. The quantitative estimate of drug-likeness (QED) is 0.727. The summed E-state index contributed by atoms with van der Waals surface area (Å²) in [5.74, 6) is 1.80. The van der Waals surface area contributed by atoms with Gasteiger partial charge >= 0.3 is 0 Å². The van der Waals surface area contributed by atoms with Crippen molar-refractivity contribution >= 4 is 15.9 Å². The van der Waals surface area contributed by atoms with E-state index in [4.69, 9.17) is 4.74 Å². The molecule has 1 aromatic carbocycles. The Hall–Kier alpha value is -0.500. The number of hydrogen-bond donors (Lipinski definition) is 0. The molecule has 0 spiro atoms. The maximum absolute atomic E-state index is 5.63. The predicted octanol–water partition coefficient (Wildman–Crippen LogP) is 4.71. The first-order valence-electron chi connectivity index (χ1n) is 6.07. The number of benzene rings is 1. The van der Waals surface area contributed by atoms with Gasteiger partial charge in [-0.15, -0.1) is 0 Å². The van der Waals surface area contributed by atoms with Crippen LogP contribution in [0.3, 0.4) is 0 Å². The first-order chi connectivity index (χ1) is 7.66. The molecule has 0 radical (unpaired) electrons. The second kappa shape index (κ2) is 5.22. The summed E-state index contributed by atoms with van der Waals surface area (Å²) in [4.78, 5) is 0.523. The van der Waals surface area contributed by atoms with Gasteiger partial charge in [0.15, 0.2) is 0 Å². The Balaban J connectivity index is 2.00. The highest BCUT2D eigenvalue weighted by atomic mass is 79.9. The molecule has 0 saturated heterocycles. The molecular weight excluding hydrogens is 264 g/mol. The third-order valence-electron chi connectivity index (χ3n) is 3.13. The van der Waals surface area contributed by atoms with Gasteiger partial charge in [-0.3, -0.25) is 0 Å². The second-order valence-corrected chi connectivity index (χ2v) is 5.81. The predicted molar refractivity (Wildman–Crippen MR) is 71.2 cm³/mol. The van der Waals surface area contributed by atoms with E-state index in [1.807, 2.05) is 0 Å². The van der Waals surface area contributed by atoms with Crippen molar-refractivity contribution in [1.29, 1.82) is 0 Å². The normalized spacial score (nSPS) is 18.2. The summed E-state index contributed by atoms with van der Waals surface area (Å²) in [6.07, 6.45) is 4.36. The van der Waals surface area contributed by atoms with E-state index in [-0.39, 0.29) is 6.10 Å². The highest BCUT2D eigenvalue weighted by molar-refractivity contribution is 9.09. The van der Waals surface area contributed by atoms with Crippen molar-refractivity contribution in [2.45, 2.75) is 44.0 Å². The van der Waals surface area contributed by atoms with Gasteiger partial charge in [-0.05, 0) is 50.3 Å². The molecule has 0 aliphatic heterocycles. The minimum absolute atomic E-state index is 0.247. The smallest absolute Gasteiger partial charge is 0.119 e. The maximum atomic E-state index is 5.63. The molecule has 1 aliphatic carbocycles. The molecule has 0 heterocycles. The van der Waals surface area contributed by atoms with Gasteiger partial charge in [0.05, 0.1) is 6.10 Å². The molecule has 1 atom stereocenters.